The van der Waals surface area contributed by atoms with Crippen LogP contribution in [0, 0.1) is 5.92 Å². The molecule has 1 heterocycles. The molecular formula is C19H24O4. The molecule has 0 amide bonds. The number of benzene rings is 1. The van der Waals surface area contributed by atoms with E-state index in [9.17, 15) is 10.2 Å². The topological polar surface area (TPSA) is 58.9 Å². The van der Waals surface area contributed by atoms with E-state index in [-0.39, 0.29) is 11.8 Å². The van der Waals surface area contributed by atoms with E-state index >= 15 is 0 Å². The van der Waals surface area contributed by atoms with E-state index in [0.717, 1.165) is 37.0 Å². The van der Waals surface area contributed by atoms with Crippen molar-refractivity contribution < 1.29 is 19.7 Å². The van der Waals surface area contributed by atoms with Gasteiger partial charge in [0.05, 0.1) is 24.2 Å². The minimum atomic E-state index is -0.723. The van der Waals surface area contributed by atoms with Gasteiger partial charge in [0.1, 0.15) is 11.4 Å². The van der Waals surface area contributed by atoms with Crippen LogP contribution in [-0.4, -0.2) is 34.6 Å². The van der Waals surface area contributed by atoms with Crippen molar-refractivity contribution in [3.8, 4) is 5.75 Å². The largest absolute Gasteiger partial charge is 0.483 e. The smallest absolute Gasteiger partial charge is 0.144 e. The van der Waals surface area contributed by atoms with Gasteiger partial charge in [-0.15, -0.1) is 0 Å². The fraction of sp³-hybridized carbons (Fsp3) is 0.684. The highest BCUT2D eigenvalue weighted by atomic mass is 16.5. The lowest BCUT2D eigenvalue weighted by Gasteiger charge is -2.53. The number of hydrogen-bond acceptors (Lipinski definition) is 4. The van der Waals surface area contributed by atoms with E-state index in [1.807, 2.05) is 0 Å². The number of methoxy groups -OCH3 is 1. The second-order valence-electron chi connectivity index (χ2n) is 7.89. The first kappa shape index (κ1) is 14.3. The molecule has 1 aromatic rings. The Morgan fingerprint density at radius 2 is 2.17 bits per heavy atom. The zero-order valence-corrected chi connectivity index (χ0v) is 13.5. The van der Waals surface area contributed by atoms with E-state index in [4.69, 9.17) is 9.47 Å². The molecule has 4 bridgehead atoms. The van der Waals surface area contributed by atoms with E-state index in [1.165, 1.54) is 11.1 Å². The number of hydrogen-bond donors (Lipinski definition) is 2. The Morgan fingerprint density at radius 3 is 3.00 bits per heavy atom. The van der Waals surface area contributed by atoms with Gasteiger partial charge in [-0.05, 0) is 50.0 Å². The van der Waals surface area contributed by atoms with Crippen LogP contribution in [0.25, 0.3) is 0 Å². The molecule has 4 heteroatoms. The molecule has 0 aromatic heterocycles. The molecule has 4 aliphatic rings. The first-order valence-electron chi connectivity index (χ1n) is 8.83. The Kier molecular flexibility index (Phi) is 2.79. The van der Waals surface area contributed by atoms with Crippen LogP contribution in [0.5, 0.6) is 5.75 Å². The van der Waals surface area contributed by atoms with Crippen molar-refractivity contribution in [2.24, 2.45) is 5.92 Å². The molecule has 3 aliphatic carbocycles. The monoisotopic (exact) mass is 316 g/mol. The Morgan fingerprint density at radius 1 is 1.30 bits per heavy atom. The van der Waals surface area contributed by atoms with Crippen LogP contribution in [0.2, 0.25) is 0 Å². The van der Waals surface area contributed by atoms with Crippen molar-refractivity contribution in [3.63, 3.8) is 0 Å². The van der Waals surface area contributed by atoms with Gasteiger partial charge >= 0.3 is 0 Å². The van der Waals surface area contributed by atoms with Crippen molar-refractivity contribution in [2.75, 3.05) is 7.11 Å². The molecule has 0 spiro atoms. The van der Waals surface area contributed by atoms with Gasteiger partial charge in [0.25, 0.3) is 0 Å². The van der Waals surface area contributed by atoms with Gasteiger partial charge in [-0.3, -0.25) is 0 Å². The van der Waals surface area contributed by atoms with E-state index in [1.54, 1.807) is 7.11 Å². The molecule has 2 N–H and O–H groups in total. The van der Waals surface area contributed by atoms with Crippen molar-refractivity contribution in [2.45, 2.75) is 68.4 Å². The summed E-state index contributed by atoms with van der Waals surface area (Å²) in [5, 5.41) is 22.5. The Labute approximate surface area is 136 Å². The molecule has 0 saturated heterocycles. The zero-order valence-electron chi connectivity index (χ0n) is 13.5. The van der Waals surface area contributed by atoms with Crippen LogP contribution >= 0.6 is 0 Å². The predicted octanol–water partition coefficient (Wildman–Crippen LogP) is 2.29. The van der Waals surface area contributed by atoms with Crippen LogP contribution < -0.4 is 4.74 Å². The lowest BCUT2D eigenvalue weighted by Crippen LogP contribution is -2.63. The highest BCUT2D eigenvalue weighted by molar-refractivity contribution is 5.57. The zero-order chi connectivity index (χ0) is 15.8. The summed E-state index contributed by atoms with van der Waals surface area (Å²) in [7, 11) is 1.69. The average molecular weight is 316 g/mol. The third-order valence-corrected chi connectivity index (χ3v) is 6.91. The van der Waals surface area contributed by atoms with Gasteiger partial charge in [-0.1, -0.05) is 12.1 Å². The van der Waals surface area contributed by atoms with Gasteiger partial charge in [-0.2, -0.15) is 0 Å². The normalized spacial score (nSPS) is 43.0. The van der Waals surface area contributed by atoms with Gasteiger partial charge in [-0.25, -0.2) is 0 Å². The van der Waals surface area contributed by atoms with Crippen LogP contribution in [0.1, 0.15) is 54.7 Å². The quantitative estimate of drug-likeness (QED) is 0.879. The van der Waals surface area contributed by atoms with E-state index in [0.29, 0.717) is 19.4 Å². The van der Waals surface area contributed by atoms with Gasteiger partial charge in [0, 0.05) is 18.2 Å². The van der Waals surface area contributed by atoms with E-state index < -0.39 is 17.3 Å². The number of ether oxygens (including phenoxy) is 2. The van der Waals surface area contributed by atoms with Crippen molar-refractivity contribution >= 4 is 0 Å². The maximum absolute atomic E-state index is 11.6. The third-order valence-electron chi connectivity index (χ3n) is 6.91. The number of aliphatic hydroxyl groups excluding tert-OH is 1. The first-order valence-corrected chi connectivity index (χ1v) is 8.83. The summed E-state index contributed by atoms with van der Waals surface area (Å²) in [5.74, 6) is 1.09. The predicted molar refractivity (Wildman–Crippen MR) is 84.5 cm³/mol. The minimum Gasteiger partial charge on any atom is -0.483 e. The summed E-state index contributed by atoms with van der Waals surface area (Å²) in [6, 6.07) is 4.28. The second kappa shape index (κ2) is 4.50. The molecule has 5 atom stereocenters. The summed E-state index contributed by atoms with van der Waals surface area (Å²) in [5.41, 5.74) is 2.15. The molecule has 23 heavy (non-hydrogen) atoms. The SMILES string of the molecule is COCc1ccc2c3c1OC14CCC[C@H](C2)[C@](O)(CC[C@H]1O)C34. The molecule has 5 rings (SSSR count). The summed E-state index contributed by atoms with van der Waals surface area (Å²) in [6.45, 7) is 0.503. The maximum Gasteiger partial charge on any atom is 0.144 e. The molecule has 4 nitrogen and oxygen atoms in total. The Hall–Kier alpha value is -1.10. The Balaban J connectivity index is 1.79. The molecular weight excluding hydrogens is 292 g/mol. The van der Waals surface area contributed by atoms with Crippen LogP contribution in [0.4, 0.5) is 0 Å². The fourth-order valence-electron chi connectivity index (χ4n) is 5.97. The van der Waals surface area contributed by atoms with Crippen molar-refractivity contribution in [1.29, 1.82) is 0 Å². The van der Waals surface area contributed by atoms with E-state index in [2.05, 4.69) is 12.1 Å². The third kappa shape index (κ3) is 1.57. The van der Waals surface area contributed by atoms with Crippen LogP contribution in [-0.2, 0) is 17.8 Å². The Bertz CT molecular complexity index is 672. The highest BCUT2D eigenvalue weighted by Gasteiger charge is 2.68. The minimum absolute atomic E-state index is 0.0817. The van der Waals surface area contributed by atoms with Crippen LogP contribution in [0.15, 0.2) is 12.1 Å². The first-order chi connectivity index (χ1) is 11.1. The van der Waals surface area contributed by atoms with Crippen molar-refractivity contribution in [3.05, 3.63) is 28.8 Å². The lowest BCUT2D eigenvalue weighted by molar-refractivity contribution is -0.168. The van der Waals surface area contributed by atoms with Gasteiger partial charge in [0.15, 0.2) is 0 Å². The number of rotatable bonds is 2. The summed E-state index contributed by atoms with van der Waals surface area (Å²) < 4.78 is 11.9. The molecule has 2 saturated carbocycles. The maximum atomic E-state index is 11.6. The fourth-order valence-corrected chi connectivity index (χ4v) is 5.97. The molecule has 2 fully saturated rings. The van der Waals surface area contributed by atoms with Gasteiger partial charge < -0.3 is 19.7 Å². The average Bonchev–Trinajstić information content (AvgIpc) is 2.90. The molecule has 1 aromatic carbocycles. The molecule has 2 unspecified atom stereocenters. The molecule has 124 valence electrons. The lowest BCUT2D eigenvalue weighted by atomic mass is 9.55. The van der Waals surface area contributed by atoms with Crippen LogP contribution in [0.3, 0.4) is 0 Å². The number of aliphatic hydroxyl groups is 2. The summed E-state index contributed by atoms with van der Waals surface area (Å²) in [6.07, 6.45) is 4.61. The second-order valence-corrected chi connectivity index (χ2v) is 7.89. The summed E-state index contributed by atoms with van der Waals surface area (Å²) in [4.78, 5) is 0. The standard InChI is InChI=1S/C19H24O4/c1-22-10-12-5-4-11-9-13-3-2-7-19-14(20)6-8-18(13,21)17(19)15(11)16(12)23-19/h4-5,13-14,17,20-21H,2-3,6-10H2,1H3/t13-,14-,17?,18-,19?/m1/s1. The summed E-state index contributed by atoms with van der Waals surface area (Å²) >= 11 is 0. The van der Waals surface area contributed by atoms with Crippen molar-refractivity contribution in [1.82, 2.24) is 0 Å². The van der Waals surface area contributed by atoms with Gasteiger partial charge in [0.2, 0.25) is 0 Å². The highest BCUT2D eigenvalue weighted by Crippen LogP contribution is 2.66. The molecule has 0 radical (unpaired) electrons. The molecule has 1 aliphatic heterocycles.